The molecule has 1 saturated carbocycles. The van der Waals surface area contributed by atoms with Crippen LogP contribution in [0, 0.1) is 5.92 Å². The summed E-state index contributed by atoms with van der Waals surface area (Å²) in [6.07, 6.45) is 2.06. The van der Waals surface area contributed by atoms with Gasteiger partial charge >= 0.3 is 0 Å². The Kier molecular flexibility index (Phi) is 3.09. The van der Waals surface area contributed by atoms with Gasteiger partial charge in [-0.05, 0) is 42.5 Å². The molecule has 1 aromatic carbocycles. The van der Waals surface area contributed by atoms with Crippen LogP contribution in [0.1, 0.15) is 28.8 Å². The SMILES string of the molecule is CNC(=O)C(C1CC1)N1Cc2cc(Br)ccc2C1=O. The number of rotatable bonds is 3. The molecule has 3 rings (SSSR count). The van der Waals surface area contributed by atoms with Gasteiger partial charge in [-0.1, -0.05) is 15.9 Å². The molecule has 1 N–H and O–H groups in total. The van der Waals surface area contributed by atoms with Crippen LogP contribution < -0.4 is 5.32 Å². The molecule has 0 radical (unpaired) electrons. The van der Waals surface area contributed by atoms with Crippen LogP contribution in [0.4, 0.5) is 0 Å². The maximum atomic E-state index is 12.4. The van der Waals surface area contributed by atoms with Crippen molar-refractivity contribution in [2.24, 2.45) is 5.92 Å². The Morgan fingerprint density at radius 1 is 1.47 bits per heavy atom. The number of hydrogen-bond acceptors (Lipinski definition) is 2. The van der Waals surface area contributed by atoms with Crippen molar-refractivity contribution >= 4 is 27.7 Å². The van der Waals surface area contributed by atoms with Gasteiger partial charge < -0.3 is 10.2 Å². The second kappa shape index (κ2) is 4.63. The number of carbonyl (C=O) groups excluding carboxylic acids is 2. The van der Waals surface area contributed by atoms with Crippen molar-refractivity contribution in [2.45, 2.75) is 25.4 Å². The lowest BCUT2D eigenvalue weighted by molar-refractivity contribution is -0.125. The summed E-state index contributed by atoms with van der Waals surface area (Å²) in [7, 11) is 1.63. The first-order valence-corrected chi connectivity index (χ1v) is 7.22. The molecule has 100 valence electrons. The molecule has 1 aliphatic carbocycles. The Bertz CT molecular complexity index is 554. The molecule has 1 atom stereocenters. The highest BCUT2D eigenvalue weighted by molar-refractivity contribution is 9.10. The summed E-state index contributed by atoms with van der Waals surface area (Å²) in [5.41, 5.74) is 1.71. The maximum Gasteiger partial charge on any atom is 0.255 e. The highest BCUT2D eigenvalue weighted by Crippen LogP contribution is 2.39. The number of amides is 2. The third-order valence-electron chi connectivity index (χ3n) is 3.82. The minimum atomic E-state index is -0.316. The largest absolute Gasteiger partial charge is 0.357 e. The summed E-state index contributed by atoms with van der Waals surface area (Å²) in [5, 5.41) is 2.68. The molecule has 0 aromatic heterocycles. The molecule has 1 fully saturated rings. The van der Waals surface area contributed by atoms with E-state index in [2.05, 4.69) is 21.2 Å². The van der Waals surface area contributed by atoms with Gasteiger partial charge in [0.05, 0.1) is 0 Å². The average molecular weight is 323 g/mol. The van der Waals surface area contributed by atoms with E-state index in [-0.39, 0.29) is 17.9 Å². The van der Waals surface area contributed by atoms with Crippen LogP contribution in [-0.4, -0.2) is 29.8 Å². The van der Waals surface area contributed by atoms with Crippen LogP contribution >= 0.6 is 15.9 Å². The van der Waals surface area contributed by atoms with Gasteiger partial charge in [-0.2, -0.15) is 0 Å². The van der Waals surface area contributed by atoms with Crippen molar-refractivity contribution in [3.05, 3.63) is 33.8 Å². The highest BCUT2D eigenvalue weighted by atomic mass is 79.9. The molecule has 0 saturated heterocycles. The second-order valence-electron chi connectivity index (χ2n) is 5.13. The minimum absolute atomic E-state index is 0.0250. The van der Waals surface area contributed by atoms with Crippen molar-refractivity contribution in [1.29, 1.82) is 0 Å². The second-order valence-corrected chi connectivity index (χ2v) is 6.05. The molecule has 2 amide bonds. The van der Waals surface area contributed by atoms with Crippen molar-refractivity contribution in [2.75, 3.05) is 7.05 Å². The highest BCUT2D eigenvalue weighted by Gasteiger charge is 2.44. The molecular weight excluding hydrogens is 308 g/mol. The van der Waals surface area contributed by atoms with Crippen LogP contribution in [0.2, 0.25) is 0 Å². The third-order valence-corrected chi connectivity index (χ3v) is 4.31. The summed E-state index contributed by atoms with van der Waals surface area (Å²) >= 11 is 3.42. The van der Waals surface area contributed by atoms with Gasteiger partial charge in [0.1, 0.15) is 6.04 Å². The molecule has 4 nitrogen and oxygen atoms in total. The van der Waals surface area contributed by atoms with Gasteiger partial charge in [-0.15, -0.1) is 0 Å². The molecular formula is C14H15BrN2O2. The normalized spacial score (nSPS) is 19.3. The van der Waals surface area contributed by atoms with E-state index >= 15 is 0 Å². The number of nitrogens with zero attached hydrogens (tertiary/aromatic N) is 1. The van der Waals surface area contributed by atoms with Crippen LogP contribution in [0.15, 0.2) is 22.7 Å². The molecule has 0 spiro atoms. The first-order valence-electron chi connectivity index (χ1n) is 6.43. The molecule has 1 aliphatic heterocycles. The smallest absolute Gasteiger partial charge is 0.255 e. The monoisotopic (exact) mass is 322 g/mol. The molecule has 1 heterocycles. The van der Waals surface area contributed by atoms with Gasteiger partial charge in [0.2, 0.25) is 5.91 Å². The molecule has 1 unspecified atom stereocenters. The van der Waals surface area contributed by atoms with Gasteiger partial charge in [-0.25, -0.2) is 0 Å². The van der Waals surface area contributed by atoms with Crippen LogP contribution in [0.5, 0.6) is 0 Å². The maximum absolute atomic E-state index is 12.4. The summed E-state index contributed by atoms with van der Waals surface area (Å²) in [6, 6.07) is 5.34. The first kappa shape index (κ1) is 12.7. The van der Waals surface area contributed by atoms with E-state index in [0.29, 0.717) is 12.5 Å². The van der Waals surface area contributed by atoms with Crippen molar-refractivity contribution in [3.63, 3.8) is 0 Å². The molecule has 2 aliphatic rings. The number of fused-ring (bicyclic) bond motifs is 1. The van der Waals surface area contributed by atoms with E-state index < -0.39 is 0 Å². The predicted molar refractivity (Wildman–Crippen MR) is 74.6 cm³/mol. The Hall–Kier alpha value is -1.36. The fourth-order valence-electron chi connectivity index (χ4n) is 2.71. The fourth-order valence-corrected chi connectivity index (χ4v) is 3.11. The summed E-state index contributed by atoms with van der Waals surface area (Å²) in [4.78, 5) is 26.2. The zero-order valence-electron chi connectivity index (χ0n) is 10.6. The lowest BCUT2D eigenvalue weighted by Crippen LogP contribution is -2.47. The first-order chi connectivity index (χ1) is 9.11. The van der Waals surface area contributed by atoms with Gasteiger partial charge in [-0.3, -0.25) is 9.59 Å². The van der Waals surface area contributed by atoms with Crippen LogP contribution in [-0.2, 0) is 11.3 Å². The van der Waals surface area contributed by atoms with E-state index in [1.165, 1.54) is 0 Å². The number of likely N-dealkylation sites (N-methyl/N-ethyl adjacent to an activating group) is 1. The van der Waals surface area contributed by atoms with Crippen molar-refractivity contribution < 1.29 is 9.59 Å². The molecule has 5 heteroatoms. The summed E-state index contributed by atoms with van der Waals surface area (Å²) in [6.45, 7) is 0.530. The minimum Gasteiger partial charge on any atom is -0.357 e. The third kappa shape index (κ3) is 2.16. The number of halogens is 1. The number of nitrogens with one attached hydrogen (secondary N) is 1. The summed E-state index contributed by atoms with van der Waals surface area (Å²) in [5.74, 6) is 0.243. The Balaban J connectivity index is 1.91. The predicted octanol–water partition coefficient (Wildman–Crippen LogP) is 1.93. The topological polar surface area (TPSA) is 49.4 Å². The lowest BCUT2D eigenvalue weighted by atomic mass is 10.1. The zero-order chi connectivity index (χ0) is 13.6. The van der Waals surface area contributed by atoms with E-state index in [1.54, 1.807) is 11.9 Å². The fraction of sp³-hybridized carbons (Fsp3) is 0.429. The van der Waals surface area contributed by atoms with Gasteiger partial charge in [0.25, 0.3) is 5.91 Å². The van der Waals surface area contributed by atoms with Gasteiger partial charge in [0, 0.05) is 23.6 Å². The van der Waals surface area contributed by atoms with E-state index in [1.807, 2.05) is 18.2 Å². The lowest BCUT2D eigenvalue weighted by Gasteiger charge is -2.26. The van der Waals surface area contributed by atoms with Crippen molar-refractivity contribution in [1.82, 2.24) is 10.2 Å². The molecule has 1 aromatic rings. The summed E-state index contributed by atoms with van der Waals surface area (Å²) < 4.78 is 0.962. The van der Waals surface area contributed by atoms with Crippen LogP contribution in [0.25, 0.3) is 0 Å². The Labute approximate surface area is 120 Å². The average Bonchev–Trinajstić information content (AvgIpc) is 3.16. The van der Waals surface area contributed by atoms with E-state index in [9.17, 15) is 9.59 Å². The van der Waals surface area contributed by atoms with Gasteiger partial charge in [0.15, 0.2) is 0 Å². The standard InChI is InChI=1S/C14H15BrN2O2/c1-16-13(18)12(8-2-3-8)17-7-9-6-10(15)4-5-11(9)14(17)19/h4-6,8,12H,2-3,7H2,1H3,(H,16,18). The zero-order valence-corrected chi connectivity index (χ0v) is 12.2. The van der Waals surface area contributed by atoms with E-state index in [4.69, 9.17) is 0 Å². The Morgan fingerprint density at radius 3 is 2.84 bits per heavy atom. The quantitative estimate of drug-likeness (QED) is 0.924. The van der Waals surface area contributed by atoms with E-state index in [0.717, 1.165) is 28.4 Å². The number of carbonyl (C=O) groups is 2. The molecule has 0 bridgehead atoms. The van der Waals surface area contributed by atoms with Crippen LogP contribution in [0.3, 0.4) is 0 Å². The van der Waals surface area contributed by atoms with Crippen molar-refractivity contribution in [3.8, 4) is 0 Å². The number of hydrogen-bond donors (Lipinski definition) is 1. The Morgan fingerprint density at radius 2 is 2.21 bits per heavy atom. The molecule has 19 heavy (non-hydrogen) atoms. The number of benzene rings is 1.